The number of amides is 2. The first-order valence-corrected chi connectivity index (χ1v) is 7.95. The van der Waals surface area contributed by atoms with Crippen molar-refractivity contribution in [2.24, 2.45) is 0 Å². The Labute approximate surface area is 143 Å². The zero-order chi connectivity index (χ0) is 17.1. The third-order valence-corrected chi connectivity index (χ3v) is 4.19. The predicted molar refractivity (Wildman–Crippen MR) is 90.3 cm³/mol. The summed E-state index contributed by atoms with van der Waals surface area (Å²) in [6.45, 7) is 1.81. The van der Waals surface area contributed by atoms with Crippen molar-refractivity contribution in [3.63, 3.8) is 0 Å². The van der Waals surface area contributed by atoms with Crippen LogP contribution in [0.25, 0.3) is 0 Å². The molecule has 0 unspecified atom stereocenters. The van der Waals surface area contributed by atoms with Gasteiger partial charge in [-0.15, -0.1) is 0 Å². The summed E-state index contributed by atoms with van der Waals surface area (Å²) in [5.74, 6) is -0.241. The highest BCUT2D eigenvalue weighted by Gasteiger charge is 2.25. The summed E-state index contributed by atoms with van der Waals surface area (Å²) in [6.07, 6.45) is 1.41. The minimum atomic E-state index is -0.247. The van der Waals surface area contributed by atoms with Crippen LogP contribution in [0.5, 0.6) is 0 Å². The summed E-state index contributed by atoms with van der Waals surface area (Å²) in [4.78, 5) is 41.8. The molecule has 1 aromatic carbocycles. The lowest BCUT2D eigenvalue weighted by molar-refractivity contribution is 0.0535. The number of halogens is 1. The minimum absolute atomic E-state index is 0.0892. The number of pyridine rings is 1. The fourth-order valence-electron chi connectivity index (χ4n) is 2.64. The van der Waals surface area contributed by atoms with Gasteiger partial charge < -0.3 is 14.8 Å². The van der Waals surface area contributed by atoms with Gasteiger partial charge in [0.15, 0.2) is 0 Å². The zero-order valence-electron chi connectivity index (χ0n) is 12.9. The Morgan fingerprint density at radius 1 is 0.917 bits per heavy atom. The van der Waals surface area contributed by atoms with Gasteiger partial charge >= 0.3 is 0 Å². The molecule has 0 bridgehead atoms. The first kappa shape index (κ1) is 16.3. The molecule has 1 aliphatic rings. The summed E-state index contributed by atoms with van der Waals surface area (Å²) in [6, 6.07) is 9.66. The van der Waals surface area contributed by atoms with Crippen LogP contribution in [0.3, 0.4) is 0 Å². The number of hydrogen-bond donors (Lipinski definition) is 1. The molecular formula is C17H16ClN3O3. The first-order valence-electron chi connectivity index (χ1n) is 7.57. The quantitative estimate of drug-likeness (QED) is 0.899. The van der Waals surface area contributed by atoms with Gasteiger partial charge in [0.1, 0.15) is 0 Å². The molecule has 1 saturated heterocycles. The smallest absolute Gasteiger partial charge is 0.255 e. The van der Waals surface area contributed by atoms with Gasteiger partial charge in [-0.2, -0.15) is 0 Å². The van der Waals surface area contributed by atoms with Gasteiger partial charge in [-0.05, 0) is 24.3 Å². The van der Waals surface area contributed by atoms with E-state index in [2.05, 4.69) is 4.98 Å². The van der Waals surface area contributed by atoms with Crippen molar-refractivity contribution in [3.8, 4) is 0 Å². The van der Waals surface area contributed by atoms with Crippen molar-refractivity contribution < 1.29 is 9.59 Å². The highest BCUT2D eigenvalue weighted by atomic mass is 35.5. The van der Waals surface area contributed by atoms with Crippen LogP contribution < -0.4 is 5.56 Å². The molecule has 124 valence electrons. The van der Waals surface area contributed by atoms with Crippen LogP contribution in [0, 0.1) is 0 Å². The van der Waals surface area contributed by atoms with Crippen molar-refractivity contribution in [2.45, 2.75) is 0 Å². The molecule has 2 amide bonds. The number of hydrogen-bond acceptors (Lipinski definition) is 3. The largest absolute Gasteiger partial charge is 0.335 e. The molecular weight excluding hydrogens is 330 g/mol. The first-order chi connectivity index (χ1) is 11.5. The zero-order valence-corrected chi connectivity index (χ0v) is 13.6. The molecule has 1 aliphatic heterocycles. The molecule has 0 aliphatic carbocycles. The summed E-state index contributed by atoms with van der Waals surface area (Å²) in [5.41, 5.74) is 0.732. The van der Waals surface area contributed by atoms with Crippen molar-refractivity contribution in [2.75, 3.05) is 26.2 Å². The van der Waals surface area contributed by atoms with E-state index in [1.165, 1.54) is 18.3 Å². The highest BCUT2D eigenvalue weighted by molar-refractivity contribution is 6.30. The highest BCUT2D eigenvalue weighted by Crippen LogP contribution is 2.15. The SMILES string of the molecule is O=C(c1ccc(=O)[nH]c1)N1CCN(C(=O)c2cccc(Cl)c2)CC1. The Hall–Kier alpha value is -2.60. The molecule has 24 heavy (non-hydrogen) atoms. The van der Waals surface area contributed by atoms with Crippen molar-refractivity contribution in [1.29, 1.82) is 0 Å². The topological polar surface area (TPSA) is 73.5 Å². The second-order valence-electron chi connectivity index (χ2n) is 5.54. The summed E-state index contributed by atoms with van der Waals surface area (Å²) in [7, 11) is 0. The minimum Gasteiger partial charge on any atom is -0.335 e. The molecule has 6 nitrogen and oxygen atoms in total. The number of nitrogens with one attached hydrogen (secondary N) is 1. The van der Waals surface area contributed by atoms with E-state index in [4.69, 9.17) is 11.6 Å². The Bertz CT molecular complexity index is 805. The van der Waals surface area contributed by atoms with Gasteiger partial charge in [0.2, 0.25) is 5.56 Å². The third-order valence-electron chi connectivity index (χ3n) is 3.96. The molecule has 1 fully saturated rings. The molecule has 3 rings (SSSR count). The molecule has 2 aromatic rings. The number of benzene rings is 1. The molecule has 0 saturated carbocycles. The molecule has 2 heterocycles. The maximum Gasteiger partial charge on any atom is 0.255 e. The predicted octanol–water partition coefficient (Wildman–Crippen LogP) is 1.63. The van der Waals surface area contributed by atoms with E-state index in [0.29, 0.717) is 42.3 Å². The number of rotatable bonds is 2. The second-order valence-corrected chi connectivity index (χ2v) is 5.97. The number of H-pyrrole nitrogens is 1. The van der Waals surface area contributed by atoms with E-state index < -0.39 is 0 Å². The Balaban J connectivity index is 1.63. The number of piperazine rings is 1. The molecule has 0 atom stereocenters. The number of nitrogens with zero attached hydrogens (tertiary/aromatic N) is 2. The van der Waals surface area contributed by atoms with E-state index in [9.17, 15) is 14.4 Å². The average Bonchev–Trinajstić information content (AvgIpc) is 2.61. The van der Waals surface area contributed by atoms with Gasteiger partial charge in [0.25, 0.3) is 11.8 Å². The standard InChI is InChI=1S/C17H16ClN3O3/c18-14-3-1-2-12(10-14)16(23)20-6-8-21(9-7-20)17(24)13-4-5-15(22)19-11-13/h1-5,10-11H,6-9H2,(H,19,22). The van der Waals surface area contributed by atoms with Crippen LogP contribution in [0.2, 0.25) is 5.02 Å². The fraction of sp³-hybridized carbons (Fsp3) is 0.235. The third kappa shape index (κ3) is 3.49. The summed E-state index contributed by atoms with van der Waals surface area (Å²) >= 11 is 5.92. The molecule has 0 radical (unpaired) electrons. The number of carbonyl (C=O) groups excluding carboxylic acids is 2. The Kier molecular flexibility index (Phi) is 4.66. The van der Waals surface area contributed by atoms with Crippen LogP contribution in [0.1, 0.15) is 20.7 Å². The fourth-order valence-corrected chi connectivity index (χ4v) is 2.83. The monoisotopic (exact) mass is 345 g/mol. The van der Waals surface area contributed by atoms with E-state index in [1.807, 2.05) is 0 Å². The lowest BCUT2D eigenvalue weighted by Gasteiger charge is -2.34. The van der Waals surface area contributed by atoms with Gasteiger partial charge in [0, 0.05) is 49.0 Å². The molecule has 1 aromatic heterocycles. The van der Waals surface area contributed by atoms with Crippen LogP contribution in [-0.4, -0.2) is 52.8 Å². The van der Waals surface area contributed by atoms with Gasteiger partial charge in [-0.25, -0.2) is 0 Å². The Morgan fingerprint density at radius 3 is 2.08 bits per heavy atom. The van der Waals surface area contributed by atoms with Crippen molar-refractivity contribution >= 4 is 23.4 Å². The normalized spacial score (nSPS) is 14.5. The molecule has 1 N–H and O–H groups in total. The van der Waals surface area contributed by atoms with Crippen LogP contribution in [0.15, 0.2) is 47.4 Å². The number of carbonyl (C=O) groups is 2. The average molecular weight is 346 g/mol. The Morgan fingerprint density at radius 2 is 1.54 bits per heavy atom. The van der Waals surface area contributed by atoms with Crippen LogP contribution in [-0.2, 0) is 0 Å². The lowest BCUT2D eigenvalue weighted by Crippen LogP contribution is -2.50. The van der Waals surface area contributed by atoms with Crippen molar-refractivity contribution in [3.05, 3.63) is 69.1 Å². The summed E-state index contributed by atoms with van der Waals surface area (Å²) < 4.78 is 0. The van der Waals surface area contributed by atoms with E-state index >= 15 is 0 Å². The molecule has 0 spiro atoms. The number of aromatic amines is 1. The second kappa shape index (κ2) is 6.88. The van der Waals surface area contributed by atoms with Crippen molar-refractivity contribution in [1.82, 2.24) is 14.8 Å². The lowest BCUT2D eigenvalue weighted by atomic mass is 10.1. The van der Waals surface area contributed by atoms with Crippen LogP contribution in [0.4, 0.5) is 0 Å². The number of aromatic nitrogens is 1. The maximum absolute atomic E-state index is 12.5. The van der Waals surface area contributed by atoms with Gasteiger partial charge in [0.05, 0.1) is 5.56 Å². The maximum atomic E-state index is 12.5. The van der Waals surface area contributed by atoms with Gasteiger partial charge in [-0.3, -0.25) is 14.4 Å². The molecule has 7 heteroatoms. The van der Waals surface area contributed by atoms with Crippen LogP contribution >= 0.6 is 11.6 Å². The van der Waals surface area contributed by atoms with E-state index in [1.54, 1.807) is 34.1 Å². The summed E-state index contributed by atoms with van der Waals surface area (Å²) in [5, 5.41) is 0.521. The van der Waals surface area contributed by atoms with E-state index in [0.717, 1.165) is 0 Å². The van der Waals surface area contributed by atoms with E-state index in [-0.39, 0.29) is 17.4 Å². The van der Waals surface area contributed by atoms with Gasteiger partial charge in [-0.1, -0.05) is 17.7 Å².